The van der Waals surface area contributed by atoms with Crippen LogP contribution < -0.4 is 4.74 Å². The van der Waals surface area contributed by atoms with Crippen molar-refractivity contribution < 1.29 is 4.74 Å². The zero-order valence-electron chi connectivity index (χ0n) is 29.9. The van der Waals surface area contributed by atoms with Gasteiger partial charge in [0.05, 0.1) is 10.8 Å². The lowest BCUT2D eigenvalue weighted by Gasteiger charge is -2.40. The van der Waals surface area contributed by atoms with Gasteiger partial charge in [0.15, 0.2) is 0 Å². The molecule has 13 rings (SSSR count). The van der Waals surface area contributed by atoms with Crippen LogP contribution in [0, 0.1) is 0 Å². The number of hydrogen-bond donors (Lipinski definition) is 0. The standard InChI is InChI=1S/C54H32O/c1-2-16-34-33(15-1)31-32-39-37-19-5-9-25-44(37)54(51(34)39)45-26-10-6-20-41(45)50-38(21-13-28-47(50)54)40-22-14-29-48-52(40)55-49-30-12-11-27-46(49)53(48)42-23-7-3-17-35(42)36-18-4-8-24-43(36)53/h1-32H. The molecule has 0 saturated heterocycles. The molecule has 9 aromatic rings. The molecule has 1 atom stereocenters. The van der Waals surface area contributed by atoms with E-state index < -0.39 is 10.8 Å². The van der Waals surface area contributed by atoms with Gasteiger partial charge >= 0.3 is 0 Å². The maximum absolute atomic E-state index is 7.21. The highest BCUT2D eigenvalue weighted by molar-refractivity contribution is 6.06. The highest BCUT2D eigenvalue weighted by Crippen LogP contribution is 2.67. The van der Waals surface area contributed by atoms with Crippen molar-refractivity contribution in [1.82, 2.24) is 0 Å². The second-order valence-electron chi connectivity index (χ2n) is 15.4. The summed E-state index contributed by atoms with van der Waals surface area (Å²) in [5, 5.41) is 2.57. The molecule has 2 spiro atoms. The summed E-state index contributed by atoms with van der Waals surface area (Å²) in [4.78, 5) is 0. The van der Waals surface area contributed by atoms with E-state index in [-0.39, 0.29) is 0 Å². The first-order valence-corrected chi connectivity index (χ1v) is 19.3. The van der Waals surface area contributed by atoms with Crippen molar-refractivity contribution >= 4 is 10.8 Å². The molecule has 0 radical (unpaired) electrons. The van der Waals surface area contributed by atoms with Crippen molar-refractivity contribution in [2.75, 3.05) is 0 Å². The number of rotatable bonds is 1. The van der Waals surface area contributed by atoms with E-state index in [0.717, 1.165) is 17.1 Å². The smallest absolute Gasteiger partial charge is 0.140 e. The maximum atomic E-state index is 7.21. The minimum absolute atomic E-state index is 0.471. The Labute approximate surface area is 319 Å². The van der Waals surface area contributed by atoms with Crippen LogP contribution in [0.1, 0.15) is 44.5 Å². The molecule has 0 amide bonds. The topological polar surface area (TPSA) is 9.23 Å². The lowest BCUT2D eigenvalue weighted by atomic mass is 9.65. The lowest BCUT2D eigenvalue weighted by Crippen LogP contribution is -2.32. The minimum atomic E-state index is -0.521. The van der Waals surface area contributed by atoms with E-state index in [1.54, 1.807) is 0 Å². The number of hydrogen-bond acceptors (Lipinski definition) is 1. The van der Waals surface area contributed by atoms with Gasteiger partial charge in [-0.2, -0.15) is 0 Å². The Kier molecular flexibility index (Phi) is 5.56. The first-order chi connectivity index (χ1) is 27.3. The van der Waals surface area contributed by atoms with Crippen LogP contribution >= 0.6 is 0 Å². The van der Waals surface area contributed by atoms with Crippen molar-refractivity contribution in [3.8, 4) is 56.0 Å². The van der Waals surface area contributed by atoms with Crippen molar-refractivity contribution in [3.05, 3.63) is 239 Å². The van der Waals surface area contributed by atoms with Crippen LogP contribution in [0.25, 0.3) is 55.3 Å². The van der Waals surface area contributed by atoms with Gasteiger partial charge in [-0.15, -0.1) is 0 Å². The van der Waals surface area contributed by atoms with Gasteiger partial charge in [-0.25, -0.2) is 0 Å². The van der Waals surface area contributed by atoms with E-state index in [0.29, 0.717) is 0 Å². The predicted octanol–water partition coefficient (Wildman–Crippen LogP) is 13.3. The molecule has 0 bridgehead atoms. The van der Waals surface area contributed by atoms with Crippen LogP contribution in [-0.2, 0) is 10.8 Å². The van der Waals surface area contributed by atoms with E-state index >= 15 is 0 Å². The second kappa shape index (κ2) is 10.4. The van der Waals surface area contributed by atoms with E-state index in [4.69, 9.17) is 4.74 Å². The molecule has 3 aliphatic carbocycles. The summed E-state index contributed by atoms with van der Waals surface area (Å²) >= 11 is 0. The number of benzene rings is 9. The zero-order chi connectivity index (χ0) is 35.9. The third kappa shape index (κ3) is 3.38. The van der Waals surface area contributed by atoms with Crippen LogP contribution in [0.3, 0.4) is 0 Å². The Bertz CT molecular complexity index is 3100. The number of ether oxygens (including phenoxy) is 1. The molecule has 0 fully saturated rings. The fraction of sp³-hybridized carbons (Fsp3) is 0.0370. The molecule has 0 saturated carbocycles. The quantitative estimate of drug-likeness (QED) is 0.166. The number of fused-ring (bicyclic) bond motifs is 21. The maximum Gasteiger partial charge on any atom is 0.140 e. The van der Waals surface area contributed by atoms with Crippen LogP contribution in [-0.4, -0.2) is 0 Å². The average Bonchev–Trinajstić information content (AvgIpc) is 3.84. The lowest BCUT2D eigenvalue weighted by molar-refractivity contribution is 0.438. The van der Waals surface area contributed by atoms with Crippen molar-refractivity contribution in [3.63, 3.8) is 0 Å². The largest absolute Gasteiger partial charge is 0.456 e. The minimum Gasteiger partial charge on any atom is -0.456 e. The normalized spacial score (nSPS) is 16.7. The van der Waals surface area contributed by atoms with Gasteiger partial charge in [0.25, 0.3) is 0 Å². The molecule has 254 valence electrons. The zero-order valence-corrected chi connectivity index (χ0v) is 29.9. The highest BCUT2D eigenvalue weighted by Gasteiger charge is 2.54. The van der Waals surface area contributed by atoms with E-state index in [9.17, 15) is 0 Å². The third-order valence-corrected chi connectivity index (χ3v) is 13.2. The Balaban J connectivity index is 1.15. The third-order valence-electron chi connectivity index (χ3n) is 13.2. The molecule has 1 aliphatic heterocycles. The monoisotopic (exact) mass is 696 g/mol. The summed E-state index contributed by atoms with van der Waals surface area (Å²) in [6.07, 6.45) is 0. The SMILES string of the molecule is c1ccc2c(c1)Oc1c(-c3cccc4c3-c3ccccc3C43c4ccccc4-c4ccc5ccccc5c43)cccc1C21c2ccccc2-c2ccccc21. The summed E-state index contributed by atoms with van der Waals surface area (Å²) in [6, 6.07) is 72.3. The van der Waals surface area contributed by atoms with Crippen LogP contribution in [0.15, 0.2) is 194 Å². The van der Waals surface area contributed by atoms with Crippen LogP contribution in [0.4, 0.5) is 0 Å². The summed E-state index contributed by atoms with van der Waals surface area (Å²) in [5.41, 5.74) is 19.5. The molecule has 1 heterocycles. The highest BCUT2D eigenvalue weighted by atomic mass is 16.5. The molecular weight excluding hydrogens is 665 g/mol. The average molecular weight is 697 g/mol. The molecule has 1 nitrogen and oxygen atoms in total. The second-order valence-corrected chi connectivity index (χ2v) is 15.4. The van der Waals surface area contributed by atoms with E-state index in [1.165, 1.54) is 94.2 Å². The Morgan fingerprint density at radius 2 is 0.782 bits per heavy atom. The van der Waals surface area contributed by atoms with Crippen molar-refractivity contribution in [2.45, 2.75) is 10.8 Å². The fourth-order valence-corrected chi connectivity index (χ4v) is 11.3. The summed E-state index contributed by atoms with van der Waals surface area (Å²) in [6.45, 7) is 0. The molecule has 1 unspecified atom stereocenters. The molecule has 1 heteroatoms. The van der Waals surface area contributed by atoms with Gasteiger partial charge in [-0.1, -0.05) is 188 Å². The van der Waals surface area contributed by atoms with Crippen molar-refractivity contribution in [1.29, 1.82) is 0 Å². The first-order valence-electron chi connectivity index (χ1n) is 19.3. The van der Waals surface area contributed by atoms with E-state index in [2.05, 4.69) is 194 Å². The summed E-state index contributed by atoms with van der Waals surface area (Å²) in [5.74, 6) is 1.83. The van der Waals surface area contributed by atoms with Gasteiger partial charge in [-0.05, 0) is 89.2 Å². The molecule has 0 aromatic heterocycles. The Morgan fingerprint density at radius 3 is 1.51 bits per heavy atom. The van der Waals surface area contributed by atoms with E-state index in [1.807, 2.05) is 0 Å². The molecule has 9 aromatic carbocycles. The van der Waals surface area contributed by atoms with Crippen LogP contribution in [0.5, 0.6) is 11.5 Å². The summed E-state index contributed by atoms with van der Waals surface area (Å²) < 4.78 is 7.21. The predicted molar refractivity (Wildman–Crippen MR) is 223 cm³/mol. The molecule has 4 aliphatic rings. The Morgan fingerprint density at radius 1 is 0.291 bits per heavy atom. The first kappa shape index (κ1) is 29.5. The molecule has 0 N–H and O–H groups in total. The fourth-order valence-electron chi connectivity index (χ4n) is 11.3. The Hall–Kier alpha value is -6.96. The van der Waals surface area contributed by atoms with Gasteiger partial charge in [0.2, 0.25) is 0 Å². The summed E-state index contributed by atoms with van der Waals surface area (Å²) in [7, 11) is 0. The van der Waals surface area contributed by atoms with Gasteiger partial charge in [-0.3, -0.25) is 0 Å². The van der Waals surface area contributed by atoms with Gasteiger partial charge < -0.3 is 4.74 Å². The van der Waals surface area contributed by atoms with Crippen LogP contribution in [0.2, 0.25) is 0 Å². The number of para-hydroxylation sites is 2. The molecular formula is C54H32O. The van der Waals surface area contributed by atoms with Crippen molar-refractivity contribution in [2.24, 2.45) is 0 Å². The van der Waals surface area contributed by atoms with Gasteiger partial charge in [0, 0.05) is 16.7 Å². The van der Waals surface area contributed by atoms with Gasteiger partial charge in [0.1, 0.15) is 11.5 Å². The molecule has 55 heavy (non-hydrogen) atoms.